The second-order valence-electron chi connectivity index (χ2n) is 7.31. The van der Waals surface area contributed by atoms with Gasteiger partial charge in [-0.15, -0.1) is 10.2 Å². The Hall–Kier alpha value is -3.08. The number of amides is 2. The van der Waals surface area contributed by atoms with Gasteiger partial charge < -0.3 is 19.9 Å². The summed E-state index contributed by atoms with van der Waals surface area (Å²) in [5.41, 5.74) is 1.12. The summed E-state index contributed by atoms with van der Waals surface area (Å²) in [6, 6.07) is 10.7. The summed E-state index contributed by atoms with van der Waals surface area (Å²) in [5.74, 6) is -0.518. The molecule has 0 saturated heterocycles. The molecule has 0 radical (unpaired) electrons. The van der Waals surface area contributed by atoms with E-state index in [1.807, 2.05) is 11.5 Å². The highest BCUT2D eigenvalue weighted by Crippen LogP contribution is 2.24. The maximum Gasteiger partial charge on any atom is 0.337 e. The van der Waals surface area contributed by atoms with Crippen molar-refractivity contribution in [2.75, 3.05) is 18.2 Å². The summed E-state index contributed by atoms with van der Waals surface area (Å²) in [7, 11) is 1.29. The average molecular weight is 536 g/mol. The molecule has 9 nitrogen and oxygen atoms in total. The normalized spacial score (nSPS) is 11.6. The maximum atomic E-state index is 12.7. The molecule has 184 valence electrons. The lowest BCUT2D eigenvalue weighted by Gasteiger charge is -2.15. The molecule has 2 amide bonds. The number of nitrogens with zero attached hydrogens (tertiary/aromatic N) is 3. The first-order valence-corrected chi connectivity index (χ1v) is 12.3. The summed E-state index contributed by atoms with van der Waals surface area (Å²) >= 11 is 13.2. The number of carbonyl (C=O) groups is 3. The number of aromatic nitrogens is 3. The predicted molar refractivity (Wildman–Crippen MR) is 135 cm³/mol. The summed E-state index contributed by atoms with van der Waals surface area (Å²) in [4.78, 5) is 36.8. The topological polar surface area (TPSA) is 115 Å². The van der Waals surface area contributed by atoms with Gasteiger partial charge in [0.15, 0.2) is 11.0 Å². The van der Waals surface area contributed by atoms with E-state index in [0.717, 1.165) is 0 Å². The molecule has 0 aliphatic rings. The monoisotopic (exact) mass is 535 g/mol. The highest BCUT2D eigenvalue weighted by atomic mass is 35.5. The first-order valence-electron chi connectivity index (χ1n) is 10.5. The van der Waals surface area contributed by atoms with Crippen LogP contribution < -0.4 is 10.6 Å². The number of halogens is 2. The van der Waals surface area contributed by atoms with Crippen LogP contribution in [0.1, 0.15) is 46.4 Å². The summed E-state index contributed by atoms with van der Waals surface area (Å²) in [6.45, 7) is 4.24. The quantitative estimate of drug-likeness (QED) is 0.303. The van der Waals surface area contributed by atoms with E-state index in [1.165, 1.54) is 24.9 Å². The summed E-state index contributed by atoms with van der Waals surface area (Å²) in [5, 5.41) is 15.2. The molecular formula is C23H23Cl2N5O4S. The van der Waals surface area contributed by atoms with Crippen molar-refractivity contribution >= 4 is 58.4 Å². The average Bonchev–Trinajstić information content (AvgIpc) is 3.25. The van der Waals surface area contributed by atoms with Crippen LogP contribution >= 0.6 is 35.0 Å². The number of nitrogens with one attached hydrogen (secondary N) is 2. The van der Waals surface area contributed by atoms with Crippen molar-refractivity contribution in [2.24, 2.45) is 0 Å². The molecule has 2 aromatic carbocycles. The van der Waals surface area contributed by atoms with Gasteiger partial charge >= 0.3 is 5.97 Å². The van der Waals surface area contributed by atoms with Crippen LogP contribution in [0.25, 0.3) is 0 Å². The minimum Gasteiger partial charge on any atom is -0.465 e. The molecule has 1 heterocycles. The number of anilines is 1. The third-order valence-corrected chi connectivity index (χ3v) is 6.39. The highest BCUT2D eigenvalue weighted by Gasteiger charge is 2.21. The van der Waals surface area contributed by atoms with Gasteiger partial charge in [-0.1, -0.05) is 41.0 Å². The van der Waals surface area contributed by atoms with Gasteiger partial charge in [-0.05, 0) is 50.2 Å². The van der Waals surface area contributed by atoms with Crippen LogP contribution in [0.5, 0.6) is 0 Å². The van der Waals surface area contributed by atoms with Crippen LogP contribution in [-0.2, 0) is 16.1 Å². The number of hydrogen-bond acceptors (Lipinski definition) is 7. The van der Waals surface area contributed by atoms with Crippen molar-refractivity contribution in [3.63, 3.8) is 0 Å². The fraction of sp³-hybridized carbons (Fsp3) is 0.261. The van der Waals surface area contributed by atoms with Gasteiger partial charge in [0.25, 0.3) is 5.91 Å². The molecule has 3 aromatic rings. The molecule has 1 aromatic heterocycles. The Kier molecular flexibility index (Phi) is 9.13. The van der Waals surface area contributed by atoms with E-state index in [2.05, 4.69) is 20.8 Å². The lowest BCUT2D eigenvalue weighted by Crippen LogP contribution is -2.29. The number of ether oxygens (including phenoxy) is 1. The van der Waals surface area contributed by atoms with Gasteiger partial charge in [-0.3, -0.25) is 9.59 Å². The second-order valence-corrected chi connectivity index (χ2v) is 9.10. The second kappa shape index (κ2) is 12.1. The van der Waals surface area contributed by atoms with Crippen molar-refractivity contribution in [3.05, 3.63) is 69.5 Å². The first kappa shape index (κ1) is 26.5. The minimum atomic E-state index is -0.487. The number of rotatable bonds is 9. The smallest absolute Gasteiger partial charge is 0.337 e. The molecule has 2 N–H and O–H groups in total. The zero-order chi connectivity index (χ0) is 25.5. The zero-order valence-electron chi connectivity index (χ0n) is 19.2. The molecule has 1 atom stereocenters. The van der Waals surface area contributed by atoms with Crippen molar-refractivity contribution in [1.82, 2.24) is 20.1 Å². The SMILES string of the molecule is CCn1c(SCC(=O)Nc2cccc(C(=O)OC)c2)nnc1[C@@H](C)NC(=O)c1ccc(Cl)cc1Cl. The molecule has 35 heavy (non-hydrogen) atoms. The van der Waals surface area contributed by atoms with E-state index in [9.17, 15) is 14.4 Å². The zero-order valence-corrected chi connectivity index (χ0v) is 21.5. The predicted octanol–water partition coefficient (Wildman–Crippen LogP) is 4.61. The van der Waals surface area contributed by atoms with Crippen LogP contribution in [0.4, 0.5) is 5.69 Å². The number of methoxy groups -OCH3 is 1. The van der Waals surface area contributed by atoms with E-state index in [0.29, 0.717) is 39.4 Å². The summed E-state index contributed by atoms with van der Waals surface area (Å²) in [6.07, 6.45) is 0. The fourth-order valence-electron chi connectivity index (χ4n) is 3.21. The van der Waals surface area contributed by atoms with Crippen molar-refractivity contribution < 1.29 is 19.1 Å². The highest BCUT2D eigenvalue weighted by molar-refractivity contribution is 7.99. The van der Waals surface area contributed by atoms with E-state index < -0.39 is 12.0 Å². The van der Waals surface area contributed by atoms with Crippen LogP contribution in [0.2, 0.25) is 10.0 Å². The molecule has 0 spiro atoms. The fourth-order valence-corrected chi connectivity index (χ4v) is 4.51. The minimum absolute atomic E-state index is 0.0711. The molecule has 0 saturated carbocycles. The van der Waals surface area contributed by atoms with Crippen molar-refractivity contribution in [1.29, 1.82) is 0 Å². The Labute approximate surface area is 216 Å². The lowest BCUT2D eigenvalue weighted by atomic mass is 10.2. The third kappa shape index (κ3) is 6.74. The molecule has 0 aliphatic heterocycles. The van der Waals surface area contributed by atoms with E-state index >= 15 is 0 Å². The third-order valence-electron chi connectivity index (χ3n) is 4.87. The maximum absolute atomic E-state index is 12.7. The molecule has 3 rings (SSSR count). The van der Waals surface area contributed by atoms with Gasteiger partial charge in [0.05, 0.1) is 35.1 Å². The van der Waals surface area contributed by atoms with Crippen LogP contribution in [0.3, 0.4) is 0 Å². The van der Waals surface area contributed by atoms with Gasteiger partial charge in [0.2, 0.25) is 5.91 Å². The van der Waals surface area contributed by atoms with Crippen LogP contribution in [0, 0.1) is 0 Å². The molecule has 0 fully saturated rings. The van der Waals surface area contributed by atoms with E-state index in [1.54, 1.807) is 43.3 Å². The molecule has 0 bridgehead atoms. The Morgan fingerprint density at radius 3 is 2.60 bits per heavy atom. The van der Waals surface area contributed by atoms with Crippen LogP contribution in [-0.4, -0.2) is 45.4 Å². The van der Waals surface area contributed by atoms with Crippen molar-refractivity contribution in [3.8, 4) is 0 Å². The van der Waals surface area contributed by atoms with E-state index in [-0.39, 0.29) is 22.6 Å². The van der Waals surface area contributed by atoms with Gasteiger partial charge in [-0.25, -0.2) is 4.79 Å². The number of benzene rings is 2. The molecule has 0 unspecified atom stereocenters. The lowest BCUT2D eigenvalue weighted by molar-refractivity contribution is -0.113. The largest absolute Gasteiger partial charge is 0.465 e. The van der Waals surface area contributed by atoms with Gasteiger partial charge in [0.1, 0.15) is 0 Å². The van der Waals surface area contributed by atoms with Gasteiger partial charge in [-0.2, -0.15) is 0 Å². The number of carbonyl (C=O) groups excluding carboxylic acids is 3. The Bertz CT molecular complexity index is 1250. The summed E-state index contributed by atoms with van der Waals surface area (Å²) < 4.78 is 6.52. The van der Waals surface area contributed by atoms with E-state index in [4.69, 9.17) is 27.9 Å². The standard InChI is InChI=1S/C23H23Cl2N5O4S/c1-4-30-20(13(2)26-21(32)17-9-8-15(24)11-18(17)25)28-29-23(30)35-12-19(31)27-16-7-5-6-14(10-16)22(33)34-3/h5-11,13H,4,12H2,1-3H3,(H,26,32)(H,27,31)/t13-/m1/s1. The van der Waals surface area contributed by atoms with Gasteiger partial charge in [0, 0.05) is 17.3 Å². The Balaban J connectivity index is 1.63. The Morgan fingerprint density at radius 1 is 1.14 bits per heavy atom. The Morgan fingerprint density at radius 2 is 1.91 bits per heavy atom. The molecular weight excluding hydrogens is 513 g/mol. The number of thioether (sulfide) groups is 1. The van der Waals surface area contributed by atoms with Crippen molar-refractivity contribution in [2.45, 2.75) is 31.6 Å². The molecule has 0 aliphatic carbocycles. The number of esters is 1. The first-order chi connectivity index (χ1) is 16.7. The molecule has 12 heteroatoms. The van der Waals surface area contributed by atoms with Crippen LogP contribution in [0.15, 0.2) is 47.6 Å². The number of hydrogen-bond donors (Lipinski definition) is 2.